The molecule has 1 aromatic heterocycles. The van der Waals surface area contributed by atoms with Crippen molar-refractivity contribution < 1.29 is 0 Å². The van der Waals surface area contributed by atoms with E-state index in [0.717, 1.165) is 23.8 Å². The Labute approximate surface area is 126 Å². The fraction of sp³-hybridized carbons (Fsp3) is 0.733. The molecule has 2 heterocycles. The van der Waals surface area contributed by atoms with Gasteiger partial charge in [0.05, 0.1) is 4.34 Å². The van der Waals surface area contributed by atoms with Gasteiger partial charge in [-0.1, -0.05) is 25.4 Å². The molecule has 1 N–H and O–H groups in total. The molecule has 1 atom stereocenters. The van der Waals surface area contributed by atoms with Crippen LogP contribution in [0.1, 0.15) is 38.5 Å². The first-order chi connectivity index (χ1) is 9.08. The smallest absolute Gasteiger partial charge is 0.0931 e. The van der Waals surface area contributed by atoms with Gasteiger partial charge in [0.15, 0.2) is 0 Å². The van der Waals surface area contributed by atoms with Crippen molar-refractivity contribution >= 4 is 22.9 Å². The number of rotatable bonds is 5. The van der Waals surface area contributed by atoms with Crippen molar-refractivity contribution in [2.45, 2.75) is 51.6 Å². The lowest BCUT2D eigenvalue weighted by molar-refractivity contribution is 0.0821. The maximum Gasteiger partial charge on any atom is 0.0931 e. The summed E-state index contributed by atoms with van der Waals surface area (Å²) >= 11 is 7.71. The van der Waals surface area contributed by atoms with Crippen LogP contribution in [-0.4, -0.2) is 36.1 Å². The molecule has 4 heteroatoms. The number of hydrogen-bond donors (Lipinski definition) is 1. The van der Waals surface area contributed by atoms with Gasteiger partial charge >= 0.3 is 0 Å². The van der Waals surface area contributed by atoms with E-state index in [2.05, 4.69) is 37.1 Å². The summed E-state index contributed by atoms with van der Waals surface area (Å²) in [7, 11) is 0. The molecule has 1 fully saturated rings. The molecule has 1 unspecified atom stereocenters. The zero-order valence-electron chi connectivity index (χ0n) is 12.2. The Morgan fingerprint density at radius 2 is 2.16 bits per heavy atom. The molecule has 108 valence electrons. The van der Waals surface area contributed by atoms with Crippen LogP contribution in [0.15, 0.2) is 12.1 Å². The molecule has 0 bridgehead atoms. The van der Waals surface area contributed by atoms with E-state index in [9.17, 15) is 0 Å². The van der Waals surface area contributed by atoms with E-state index >= 15 is 0 Å². The first-order valence-corrected chi connectivity index (χ1v) is 8.51. The Kier molecular flexibility index (Phi) is 5.29. The highest BCUT2D eigenvalue weighted by Crippen LogP contribution is 2.25. The summed E-state index contributed by atoms with van der Waals surface area (Å²) in [5.41, 5.74) is 0.319. The maximum absolute atomic E-state index is 6.00. The van der Waals surface area contributed by atoms with Crippen molar-refractivity contribution in [3.8, 4) is 0 Å². The topological polar surface area (TPSA) is 15.3 Å². The summed E-state index contributed by atoms with van der Waals surface area (Å²) in [5, 5.41) is 3.75. The highest BCUT2D eigenvalue weighted by atomic mass is 35.5. The van der Waals surface area contributed by atoms with E-state index in [0.29, 0.717) is 11.6 Å². The van der Waals surface area contributed by atoms with Gasteiger partial charge < -0.3 is 5.32 Å². The molecule has 0 amide bonds. The first-order valence-electron chi connectivity index (χ1n) is 7.32. The minimum absolute atomic E-state index is 0.319. The fourth-order valence-corrected chi connectivity index (χ4v) is 3.93. The van der Waals surface area contributed by atoms with Crippen molar-refractivity contribution in [2.75, 3.05) is 19.6 Å². The van der Waals surface area contributed by atoms with Crippen LogP contribution in [0.5, 0.6) is 0 Å². The third kappa shape index (κ3) is 3.72. The third-order valence-corrected chi connectivity index (χ3v) is 5.82. The molecule has 1 aliphatic rings. The van der Waals surface area contributed by atoms with Crippen LogP contribution >= 0.6 is 22.9 Å². The van der Waals surface area contributed by atoms with Gasteiger partial charge in [-0.05, 0) is 38.3 Å². The van der Waals surface area contributed by atoms with Gasteiger partial charge in [-0.25, -0.2) is 0 Å². The fourth-order valence-electron chi connectivity index (χ4n) is 2.86. The summed E-state index contributed by atoms with van der Waals surface area (Å²) in [4.78, 5) is 4.03. The number of hydrogen-bond acceptors (Lipinski definition) is 3. The molecule has 1 saturated heterocycles. The van der Waals surface area contributed by atoms with Crippen LogP contribution in [0, 0.1) is 0 Å². The molecule has 2 nitrogen and oxygen atoms in total. The normalized spacial score (nSPS) is 23.7. The van der Waals surface area contributed by atoms with Gasteiger partial charge in [0.1, 0.15) is 0 Å². The van der Waals surface area contributed by atoms with Gasteiger partial charge in [-0.15, -0.1) is 11.3 Å². The van der Waals surface area contributed by atoms with E-state index in [-0.39, 0.29) is 0 Å². The van der Waals surface area contributed by atoms with Crippen LogP contribution < -0.4 is 5.32 Å². The predicted octanol–water partition coefficient (Wildman–Crippen LogP) is 3.80. The van der Waals surface area contributed by atoms with Gasteiger partial charge in [0.2, 0.25) is 0 Å². The molecular weight excluding hydrogens is 276 g/mol. The monoisotopic (exact) mass is 300 g/mol. The van der Waals surface area contributed by atoms with Crippen LogP contribution in [0.3, 0.4) is 0 Å². The number of nitrogens with one attached hydrogen (secondary N) is 1. The number of thiophene rings is 1. The molecule has 0 aromatic carbocycles. The molecule has 0 saturated carbocycles. The molecule has 1 aromatic rings. The Balaban J connectivity index is 1.94. The van der Waals surface area contributed by atoms with Crippen molar-refractivity contribution in [3.05, 3.63) is 21.3 Å². The molecule has 19 heavy (non-hydrogen) atoms. The predicted molar refractivity (Wildman–Crippen MR) is 85.4 cm³/mol. The molecule has 0 spiro atoms. The van der Waals surface area contributed by atoms with E-state index in [1.807, 2.05) is 6.07 Å². The maximum atomic E-state index is 6.00. The number of piperazine rings is 1. The standard InChI is InChI=1S/C15H25ClN2S/c1-4-15(5-2)11-18(12(3)10-17-15)9-8-13-6-7-14(16)19-13/h6-7,12,17H,4-5,8-11H2,1-3H3. The summed E-state index contributed by atoms with van der Waals surface area (Å²) in [6, 6.07) is 4.79. The number of halogens is 1. The molecule has 0 radical (unpaired) electrons. The zero-order chi connectivity index (χ0) is 13.9. The van der Waals surface area contributed by atoms with Crippen molar-refractivity contribution in [3.63, 3.8) is 0 Å². The molecular formula is C15H25ClN2S. The second-order valence-corrected chi connectivity index (χ2v) is 7.44. The zero-order valence-corrected chi connectivity index (χ0v) is 13.8. The molecule has 2 rings (SSSR count). The minimum Gasteiger partial charge on any atom is -0.308 e. The SMILES string of the molecule is CCC1(CC)CN(CCc2ccc(Cl)s2)C(C)CN1. The van der Waals surface area contributed by atoms with Crippen LogP contribution in [0.4, 0.5) is 0 Å². The summed E-state index contributed by atoms with van der Waals surface area (Å²) < 4.78 is 0.903. The van der Waals surface area contributed by atoms with Gasteiger partial charge in [0, 0.05) is 36.1 Å². The second-order valence-electron chi connectivity index (χ2n) is 5.64. The van der Waals surface area contributed by atoms with Crippen molar-refractivity contribution in [2.24, 2.45) is 0 Å². The summed E-state index contributed by atoms with van der Waals surface area (Å²) in [6.45, 7) is 10.3. The number of nitrogens with zero attached hydrogens (tertiary/aromatic N) is 1. The lowest BCUT2D eigenvalue weighted by Gasteiger charge is -2.46. The highest BCUT2D eigenvalue weighted by Gasteiger charge is 2.34. The third-order valence-electron chi connectivity index (χ3n) is 4.53. The van der Waals surface area contributed by atoms with E-state index in [4.69, 9.17) is 11.6 Å². The Morgan fingerprint density at radius 1 is 1.42 bits per heavy atom. The van der Waals surface area contributed by atoms with Crippen LogP contribution in [-0.2, 0) is 6.42 Å². The van der Waals surface area contributed by atoms with Gasteiger partial charge in [-0.3, -0.25) is 4.90 Å². The Hall–Kier alpha value is -0.0900. The van der Waals surface area contributed by atoms with Crippen LogP contribution in [0.2, 0.25) is 4.34 Å². The Bertz CT molecular complexity index is 401. The van der Waals surface area contributed by atoms with E-state index < -0.39 is 0 Å². The average Bonchev–Trinajstić information content (AvgIpc) is 2.84. The quantitative estimate of drug-likeness (QED) is 0.890. The first kappa shape index (κ1) is 15.3. The molecule has 0 aliphatic carbocycles. The van der Waals surface area contributed by atoms with Crippen LogP contribution in [0.25, 0.3) is 0 Å². The molecule has 1 aliphatic heterocycles. The summed E-state index contributed by atoms with van der Waals surface area (Å²) in [6.07, 6.45) is 3.53. The van der Waals surface area contributed by atoms with Crippen molar-refractivity contribution in [1.29, 1.82) is 0 Å². The lowest BCUT2D eigenvalue weighted by Crippen LogP contribution is -2.63. The second kappa shape index (κ2) is 6.57. The van der Waals surface area contributed by atoms with Crippen molar-refractivity contribution in [1.82, 2.24) is 10.2 Å². The van der Waals surface area contributed by atoms with Gasteiger partial charge in [0.25, 0.3) is 0 Å². The lowest BCUT2D eigenvalue weighted by atomic mass is 9.88. The van der Waals surface area contributed by atoms with Gasteiger partial charge in [-0.2, -0.15) is 0 Å². The van der Waals surface area contributed by atoms with E-state index in [1.165, 1.54) is 24.3 Å². The largest absolute Gasteiger partial charge is 0.308 e. The summed E-state index contributed by atoms with van der Waals surface area (Å²) in [5.74, 6) is 0. The Morgan fingerprint density at radius 3 is 2.74 bits per heavy atom. The average molecular weight is 301 g/mol. The highest BCUT2D eigenvalue weighted by molar-refractivity contribution is 7.16. The minimum atomic E-state index is 0.319. The van der Waals surface area contributed by atoms with E-state index in [1.54, 1.807) is 11.3 Å².